The van der Waals surface area contributed by atoms with E-state index in [2.05, 4.69) is 252 Å². The summed E-state index contributed by atoms with van der Waals surface area (Å²) in [5.74, 6) is 0. The molecule has 0 aliphatic rings. The van der Waals surface area contributed by atoms with Crippen LogP contribution in [-0.4, -0.2) is 9.13 Å². The van der Waals surface area contributed by atoms with Gasteiger partial charge >= 0.3 is 0 Å². The van der Waals surface area contributed by atoms with Gasteiger partial charge in [0.15, 0.2) is 0 Å². The van der Waals surface area contributed by atoms with Crippen LogP contribution in [0.25, 0.3) is 131 Å². The Balaban J connectivity index is 1.04. The van der Waals surface area contributed by atoms with E-state index >= 15 is 0 Å². The van der Waals surface area contributed by atoms with Crippen LogP contribution in [0.3, 0.4) is 0 Å². The number of hydrogen-bond acceptors (Lipinski definition) is 0. The number of benzene rings is 12. The van der Waals surface area contributed by atoms with Crippen LogP contribution in [0, 0.1) is 0 Å². The number of nitrogens with zero attached hydrogens (tertiary/aromatic N) is 2. The second-order valence-corrected chi connectivity index (χ2v) is 17.7. The molecule has 0 saturated heterocycles. The average Bonchev–Trinajstić information content (AvgIpc) is 3.89. The quantitative estimate of drug-likeness (QED) is 0.153. The van der Waals surface area contributed by atoms with Crippen molar-refractivity contribution in [3.05, 3.63) is 243 Å². The van der Waals surface area contributed by atoms with Gasteiger partial charge in [0.05, 0.1) is 22.1 Å². The van der Waals surface area contributed by atoms with E-state index in [1.807, 2.05) is 0 Å². The second-order valence-electron chi connectivity index (χ2n) is 17.7. The van der Waals surface area contributed by atoms with E-state index in [1.54, 1.807) is 0 Å². The predicted octanol–water partition coefficient (Wildman–Crippen LogP) is 17.5. The Bertz CT molecular complexity index is 4050. The first kappa shape index (κ1) is 36.7. The van der Waals surface area contributed by atoms with Gasteiger partial charge in [-0.1, -0.05) is 158 Å². The molecule has 0 aliphatic carbocycles. The fraction of sp³-hybridized carbons (Fsp3) is 0. The highest BCUT2D eigenvalue weighted by Gasteiger charge is 2.20. The van der Waals surface area contributed by atoms with E-state index in [0.29, 0.717) is 0 Å². The van der Waals surface area contributed by atoms with Crippen molar-refractivity contribution < 1.29 is 0 Å². The largest absolute Gasteiger partial charge is 0.309 e. The van der Waals surface area contributed by atoms with Crippen molar-refractivity contribution in [3.63, 3.8) is 0 Å². The molecule has 12 aromatic carbocycles. The molecule has 2 heterocycles. The third-order valence-electron chi connectivity index (χ3n) is 14.0. The summed E-state index contributed by atoms with van der Waals surface area (Å²) < 4.78 is 4.79. The molecule has 0 bridgehead atoms. The van der Waals surface area contributed by atoms with Crippen LogP contribution in [0.2, 0.25) is 0 Å². The number of para-hydroxylation sites is 4. The van der Waals surface area contributed by atoms with Crippen LogP contribution in [0.5, 0.6) is 0 Å². The Morgan fingerprint density at radius 3 is 1.18 bits per heavy atom. The van der Waals surface area contributed by atoms with Crippen molar-refractivity contribution in [2.45, 2.75) is 0 Å². The first-order chi connectivity index (χ1) is 32.7. The molecule has 66 heavy (non-hydrogen) atoms. The van der Waals surface area contributed by atoms with Crippen molar-refractivity contribution in [2.75, 3.05) is 0 Å². The van der Waals surface area contributed by atoms with Crippen molar-refractivity contribution in [1.82, 2.24) is 9.13 Å². The van der Waals surface area contributed by atoms with Gasteiger partial charge in [-0.25, -0.2) is 0 Å². The van der Waals surface area contributed by atoms with Crippen molar-refractivity contribution in [2.24, 2.45) is 0 Å². The van der Waals surface area contributed by atoms with E-state index < -0.39 is 0 Å². The zero-order valence-corrected chi connectivity index (χ0v) is 36.0. The van der Waals surface area contributed by atoms with E-state index in [9.17, 15) is 0 Å². The molecular weight excluding hydrogens is 797 g/mol. The standard InChI is InChI=1S/C64H40N2/c1-3-17-48(18-4-1)65-60-27-11-9-21-52(60)58-38-44(31-33-62(58)65)50-23-13-25-54-56(50)40-57-51(45-32-34-63-59(39-45)53-22-10-12-28-61(53)66(63)49-19-5-2-6-20-49)24-14-26-55(57)64(54)46-30-29-43-35-41-15-7-8-16-42(41)36-47(43)37-46/h1-40H. The van der Waals surface area contributed by atoms with Crippen molar-refractivity contribution in [1.29, 1.82) is 0 Å². The molecular formula is C64H40N2. The summed E-state index contributed by atoms with van der Waals surface area (Å²) in [5, 5.41) is 14.9. The monoisotopic (exact) mass is 836 g/mol. The Hall–Kier alpha value is -8.72. The molecule has 0 fully saturated rings. The normalized spacial score (nSPS) is 11.9. The highest BCUT2D eigenvalue weighted by molar-refractivity contribution is 6.21. The van der Waals surface area contributed by atoms with Gasteiger partial charge < -0.3 is 9.13 Å². The maximum atomic E-state index is 2.47. The molecule has 2 nitrogen and oxygen atoms in total. The molecule has 0 unspecified atom stereocenters. The van der Waals surface area contributed by atoms with Crippen LogP contribution < -0.4 is 0 Å². The van der Waals surface area contributed by atoms with Crippen LogP contribution in [0.1, 0.15) is 0 Å². The van der Waals surface area contributed by atoms with Crippen molar-refractivity contribution >= 4 is 86.7 Å². The molecule has 0 amide bonds. The van der Waals surface area contributed by atoms with Crippen LogP contribution in [0.4, 0.5) is 0 Å². The molecule has 2 heteroatoms. The Morgan fingerprint density at radius 2 is 0.636 bits per heavy atom. The topological polar surface area (TPSA) is 9.86 Å². The molecule has 0 N–H and O–H groups in total. The minimum Gasteiger partial charge on any atom is -0.309 e. The zero-order chi connectivity index (χ0) is 43.3. The zero-order valence-electron chi connectivity index (χ0n) is 36.0. The number of aromatic nitrogens is 2. The molecule has 14 rings (SSSR count). The highest BCUT2D eigenvalue weighted by Crippen LogP contribution is 2.46. The van der Waals surface area contributed by atoms with Gasteiger partial charge in [-0.2, -0.15) is 0 Å². The van der Waals surface area contributed by atoms with E-state index in [1.165, 1.54) is 120 Å². The third-order valence-corrected chi connectivity index (χ3v) is 14.0. The van der Waals surface area contributed by atoms with E-state index in [4.69, 9.17) is 0 Å². The van der Waals surface area contributed by atoms with Gasteiger partial charge in [0.1, 0.15) is 0 Å². The van der Waals surface area contributed by atoms with Gasteiger partial charge in [-0.05, 0) is 161 Å². The lowest BCUT2D eigenvalue weighted by molar-refractivity contribution is 1.18. The summed E-state index contributed by atoms with van der Waals surface area (Å²) in [7, 11) is 0. The lowest BCUT2D eigenvalue weighted by Crippen LogP contribution is -1.93. The lowest BCUT2D eigenvalue weighted by Gasteiger charge is -2.18. The minimum absolute atomic E-state index is 1.16. The van der Waals surface area contributed by atoms with Crippen LogP contribution in [-0.2, 0) is 0 Å². The summed E-state index contributed by atoms with van der Waals surface area (Å²) in [6, 6.07) is 89.8. The molecule has 0 saturated carbocycles. The summed E-state index contributed by atoms with van der Waals surface area (Å²) >= 11 is 0. The van der Waals surface area contributed by atoms with Crippen LogP contribution in [0.15, 0.2) is 243 Å². The predicted molar refractivity (Wildman–Crippen MR) is 281 cm³/mol. The SMILES string of the molecule is c1ccc(-n2c3ccccc3c3cc(-c4cccc5c(-c6ccc7cc8ccccc8cc7c6)c6cccc(-c7ccc8c(c7)c7ccccc7n8-c7ccccc7)c6cc45)ccc32)cc1. The van der Waals surface area contributed by atoms with Gasteiger partial charge in [0.25, 0.3) is 0 Å². The molecule has 2 aromatic heterocycles. The second kappa shape index (κ2) is 14.4. The Kier molecular flexibility index (Phi) is 8.02. The molecule has 0 spiro atoms. The number of rotatable bonds is 5. The fourth-order valence-electron chi connectivity index (χ4n) is 11.1. The lowest BCUT2D eigenvalue weighted by atomic mass is 9.85. The van der Waals surface area contributed by atoms with Gasteiger partial charge in [0, 0.05) is 32.9 Å². The minimum atomic E-state index is 1.16. The highest BCUT2D eigenvalue weighted by atomic mass is 15.0. The Morgan fingerprint density at radius 1 is 0.212 bits per heavy atom. The third kappa shape index (κ3) is 5.55. The molecule has 0 radical (unpaired) electrons. The van der Waals surface area contributed by atoms with Crippen LogP contribution >= 0.6 is 0 Å². The maximum Gasteiger partial charge on any atom is 0.0541 e. The Labute approximate surface area is 381 Å². The van der Waals surface area contributed by atoms with Gasteiger partial charge in [-0.15, -0.1) is 0 Å². The first-order valence-corrected chi connectivity index (χ1v) is 22.8. The summed E-state index contributed by atoms with van der Waals surface area (Å²) in [5.41, 5.74) is 14.5. The number of fused-ring (bicyclic) bond motifs is 10. The summed E-state index contributed by atoms with van der Waals surface area (Å²) in [4.78, 5) is 0. The summed E-state index contributed by atoms with van der Waals surface area (Å²) in [6.07, 6.45) is 0. The average molecular weight is 837 g/mol. The molecule has 14 aromatic rings. The molecule has 0 atom stereocenters. The number of hydrogen-bond donors (Lipinski definition) is 0. The fourth-order valence-corrected chi connectivity index (χ4v) is 11.1. The van der Waals surface area contributed by atoms with Crippen molar-refractivity contribution in [3.8, 4) is 44.8 Å². The molecule has 306 valence electrons. The van der Waals surface area contributed by atoms with E-state index in [-0.39, 0.29) is 0 Å². The van der Waals surface area contributed by atoms with Gasteiger partial charge in [0.2, 0.25) is 0 Å². The molecule has 0 aliphatic heterocycles. The van der Waals surface area contributed by atoms with Gasteiger partial charge in [-0.3, -0.25) is 0 Å². The summed E-state index contributed by atoms with van der Waals surface area (Å²) in [6.45, 7) is 0. The van der Waals surface area contributed by atoms with E-state index in [0.717, 1.165) is 11.4 Å². The maximum absolute atomic E-state index is 2.47. The first-order valence-electron chi connectivity index (χ1n) is 22.8. The smallest absolute Gasteiger partial charge is 0.0541 e.